The Morgan fingerprint density at radius 2 is 1.62 bits per heavy atom. The lowest BCUT2D eigenvalue weighted by Gasteiger charge is -2.07. The first-order valence-corrected chi connectivity index (χ1v) is 9.19. The average molecular weight is 341 g/mol. The summed E-state index contributed by atoms with van der Waals surface area (Å²) < 4.78 is 2.33. The normalized spacial score (nSPS) is 11.3. The minimum Gasteiger partial charge on any atom is -0.341 e. The van der Waals surface area contributed by atoms with Crippen molar-refractivity contribution in [1.29, 1.82) is 0 Å². The summed E-state index contributed by atoms with van der Waals surface area (Å²) in [5, 5.41) is 2.40. The van der Waals surface area contributed by atoms with Crippen molar-refractivity contribution in [3.05, 3.63) is 82.9 Å². The minimum absolute atomic E-state index is 0.111. The number of hydrogen-bond donors (Lipinski definition) is 0. The zero-order chi connectivity index (χ0) is 18.3. The van der Waals surface area contributed by atoms with Crippen LogP contribution in [0.15, 0.2) is 60.7 Å². The molecule has 0 N–H and O–H groups in total. The molecule has 0 saturated carbocycles. The number of rotatable bonds is 4. The Labute approximate surface area is 154 Å². The maximum absolute atomic E-state index is 11.8. The van der Waals surface area contributed by atoms with Crippen LogP contribution in [0.5, 0.6) is 0 Å². The lowest BCUT2D eigenvalue weighted by Crippen LogP contribution is -1.95. The topological polar surface area (TPSA) is 22.0 Å². The Balaban J connectivity index is 1.91. The first-order valence-electron chi connectivity index (χ1n) is 9.19. The fourth-order valence-corrected chi connectivity index (χ4v) is 3.85. The zero-order valence-electron chi connectivity index (χ0n) is 15.5. The monoisotopic (exact) mass is 341 g/mol. The average Bonchev–Trinajstić information content (AvgIpc) is 2.96. The molecule has 1 heterocycles. The Hall–Kier alpha value is -2.87. The molecule has 0 spiro atoms. The van der Waals surface area contributed by atoms with Gasteiger partial charge in [-0.2, -0.15) is 0 Å². The highest BCUT2D eigenvalue weighted by atomic mass is 16.1. The van der Waals surface area contributed by atoms with Crippen LogP contribution < -0.4 is 0 Å². The standard InChI is InChI=1S/C24H23NO/c1-4-25-23-11-9-18(13-19-8-6-5-7-16(19)2)14-21(23)22-15-20(17(3)26)10-12-24(22)25/h5-12,14-15H,4,13H2,1-3H3. The van der Waals surface area contributed by atoms with Crippen LogP contribution in [-0.2, 0) is 13.0 Å². The second-order valence-electron chi connectivity index (χ2n) is 6.99. The molecule has 26 heavy (non-hydrogen) atoms. The molecule has 3 aromatic carbocycles. The van der Waals surface area contributed by atoms with Crippen LogP contribution in [0.2, 0.25) is 0 Å². The summed E-state index contributed by atoms with van der Waals surface area (Å²) in [6.45, 7) is 6.87. The summed E-state index contributed by atoms with van der Waals surface area (Å²) in [5.74, 6) is 0.111. The number of Topliss-reactive ketones (excluding diaryl/α,β-unsaturated/α-hetero) is 1. The van der Waals surface area contributed by atoms with Crippen molar-refractivity contribution in [2.45, 2.75) is 33.7 Å². The van der Waals surface area contributed by atoms with Gasteiger partial charge in [-0.15, -0.1) is 0 Å². The van der Waals surface area contributed by atoms with Gasteiger partial charge in [0.15, 0.2) is 5.78 Å². The largest absolute Gasteiger partial charge is 0.341 e. The van der Waals surface area contributed by atoms with Gasteiger partial charge >= 0.3 is 0 Å². The number of benzene rings is 3. The number of carbonyl (C=O) groups excluding carboxylic acids is 1. The highest BCUT2D eigenvalue weighted by Crippen LogP contribution is 2.31. The van der Waals surface area contributed by atoms with Gasteiger partial charge in [0.2, 0.25) is 0 Å². The Kier molecular flexibility index (Phi) is 4.12. The number of aryl methyl sites for hydroxylation is 2. The van der Waals surface area contributed by atoms with Crippen LogP contribution >= 0.6 is 0 Å². The van der Waals surface area contributed by atoms with E-state index in [9.17, 15) is 4.79 Å². The first-order chi connectivity index (χ1) is 12.6. The van der Waals surface area contributed by atoms with Crippen LogP contribution in [0.3, 0.4) is 0 Å². The maximum atomic E-state index is 11.8. The Bertz CT molecular complexity index is 1130. The predicted molar refractivity (Wildman–Crippen MR) is 109 cm³/mol. The smallest absolute Gasteiger partial charge is 0.159 e. The van der Waals surface area contributed by atoms with Gasteiger partial charge in [0.1, 0.15) is 0 Å². The van der Waals surface area contributed by atoms with Gasteiger partial charge in [-0.25, -0.2) is 0 Å². The third-order valence-electron chi connectivity index (χ3n) is 5.31. The van der Waals surface area contributed by atoms with Gasteiger partial charge in [0, 0.05) is 33.9 Å². The van der Waals surface area contributed by atoms with Crippen LogP contribution in [-0.4, -0.2) is 10.4 Å². The summed E-state index contributed by atoms with van der Waals surface area (Å²) in [4.78, 5) is 11.8. The van der Waals surface area contributed by atoms with Crippen molar-refractivity contribution in [3.63, 3.8) is 0 Å². The number of ketones is 1. The fraction of sp³-hybridized carbons (Fsp3) is 0.208. The second kappa shape index (κ2) is 6.45. The molecule has 2 heteroatoms. The molecule has 0 atom stereocenters. The maximum Gasteiger partial charge on any atom is 0.159 e. The molecule has 0 radical (unpaired) electrons. The number of carbonyl (C=O) groups is 1. The van der Waals surface area contributed by atoms with E-state index in [2.05, 4.69) is 66.9 Å². The molecule has 2 nitrogen and oxygen atoms in total. The van der Waals surface area contributed by atoms with Gasteiger partial charge < -0.3 is 4.57 Å². The third kappa shape index (κ3) is 2.72. The van der Waals surface area contributed by atoms with Crippen LogP contribution in [0.25, 0.3) is 21.8 Å². The van der Waals surface area contributed by atoms with E-state index in [0.29, 0.717) is 0 Å². The molecule has 0 amide bonds. The van der Waals surface area contributed by atoms with E-state index in [1.165, 1.54) is 38.5 Å². The Morgan fingerprint density at radius 3 is 2.31 bits per heavy atom. The summed E-state index contributed by atoms with van der Waals surface area (Å²) in [7, 11) is 0. The van der Waals surface area contributed by atoms with E-state index in [1.807, 2.05) is 12.1 Å². The van der Waals surface area contributed by atoms with E-state index < -0.39 is 0 Å². The minimum atomic E-state index is 0.111. The molecular weight excluding hydrogens is 318 g/mol. The number of hydrogen-bond acceptors (Lipinski definition) is 1. The molecule has 0 aliphatic carbocycles. The highest BCUT2D eigenvalue weighted by Gasteiger charge is 2.12. The molecule has 130 valence electrons. The van der Waals surface area contributed by atoms with E-state index >= 15 is 0 Å². The predicted octanol–water partition coefficient (Wildman–Crippen LogP) is 5.92. The van der Waals surface area contributed by atoms with Gasteiger partial charge in [-0.1, -0.05) is 30.3 Å². The SMILES string of the molecule is CCn1c2ccc(Cc3ccccc3C)cc2c2cc(C(C)=O)ccc21. The summed E-state index contributed by atoms with van der Waals surface area (Å²) >= 11 is 0. The van der Waals surface area contributed by atoms with Crippen molar-refractivity contribution in [3.8, 4) is 0 Å². The van der Waals surface area contributed by atoms with Crippen molar-refractivity contribution in [2.75, 3.05) is 0 Å². The molecule has 4 rings (SSSR count). The molecule has 0 unspecified atom stereocenters. The summed E-state index contributed by atoms with van der Waals surface area (Å²) in [6, 6.07) is 21.3. The van der Waals surface area contributed by atoms with E-state index in [4.69, 9.17) is 0 Å². The summed E-state index contributed by atoms with van der Waals surface area (Å²) in [5.41, 5.74) is 7.18. The van der Waals surface area contributed by atoms with Crippen molar-refractivity contribution >= 4 is 27.6 Å². The molecular formula is C24H23NO. The fourth-order valence-electron chi connectivity index (χ4n) is 3.85. The molecule has 0 fully saturated rings. The molecule has 0 bridgehead atoms. The van der Waals surface area contributed by atoms with Gasteiger partial charge in [-0.3, -0.25) is 4.79 Å². The summed E-state index contributed by atoms with van der Waals surface area (Å²) in [6.07, 6.45) is 0.924. The van der Waals surface area contributed by atoms with Crippen molar-refractivity contribution in [2.24, 2.45) is 0 Å². The van der Waals surface area contributed by atoms with Crippen LogP contribution in [0.4, 0.5) is 0 Å². The van der Waals surface area contributed by atoms with Gasteiger partial charge in [0.25, 0.3) is 0 Å². The molecule has 0 saturated heterocycles. The first kappa shape index (κ1) is 16.6. The molecule has 0 aliphatic heterocycles. The number of nitrogens with zero attached hydrogens (tertiary/aromatic N) is 1. The lowest BCUT2D eigenvalue weighted by molar-refractivity contribution is 0.101. The third-order valence-corrected chi connectivity index (χ3v) is 5.31. The zero-order valence-corrected chi connectivity index (χ0v) is 15.5. The van der Waals surface area contributed by atoms with Gasteiger partial charge in [-0.05, 0) is 74.2 Å². The Morgan fingerprint density at radius 1 is 0.923 bits per heavy atom. The quantitative estimate of drug-likeness (QED) is 0.423. The van der Waals surface area contributed by atoms with E-state index in [1.54, 1.807) is 6.92 Å². The molecule has 1 aromatic heterocycles. The second-order valence-corrected chi connectivity index (χ2v) is 6.99. The molecule has 4 aromatic rings. The molecule has 0 aliphatic rings. The van der Waals surface area contributed by atoms with Crippen LogP contribution in [0, 0.1) is 6.92 Å². The lowest BCUT2D eigenvalue weighted by atomic mass is 9.99. The van der Waals surface area contributed by atoms with Crippen molar-refractivity contribution < 1.29 is 4.79 Å². The van der Waals surface area contributed by atoms with Gasteiger partial charge in [0.05, 0.1) is 0 Å². The van der Waals surface area contributed by atoms with Crippen LogP contribution in [0.1, 0.15) is 40.9 Å². The van der Waals surface area contributed by atoms with Crippen molar-refractivity contribution in [1.82, 2.24) is 4.57 Å². The number of fused-ring (bicyclic) bond motifs is 3. The van der Waals surface area contributed by atoms with E-state index in [0.717, 1.165) is 18.5 Å². The highest BCUT2D eigenvalue weighted by molar-refractivity contribution is 6.10. The van der Waals surface area contributed by atoms with E-state index in [-0.39, 0.29) is 5.78 Å². The number of aromatic nitrogens is 1.